The second-order valence-electron chi connectivity index (χ2n) is 2.23. The molecule has 0 N–H and O–H groups in total. The highest BCUT2D eigenvalue weighted by molar-refractivity contribution is 5.21. The molecule has 0 fully saturated rings. The van der Waals surface area contributed by atoms with Gasteiger partial charge in [0.2, 0.25) is 0 Å². The molecule has 0 atom stereocenters. The summed E-state index contributed by atoms with van der Waals surface area (Å²) in [6.45, 7) is 4.16. The molecule has 0 aliphatic heterocycles. The van der Waals surface area contributed by atoms with E-state index in [1.54, 1.807) is 6.08 Å². The summed E-state index contributed by atoms with van der Waals surface area (Å²) in [5, 5.41) is 0. The first-order valence-electron chi connectivity index (χ1n) is 3.70. The molecule has 58 valence electrons. The van der Waals surface area contributed by atoms with Crippen LogP contribution in [0.4, 0.5) is 0 Å². The van der Waals surface area contributed by atoms with Crippen LogP contribution in [0.3, 0.4) is 0 Å². The van der Waals surface area contributed by atoms with E-state index in [1.165, 1.54) is 0 Å². The predicted molar refractivity (Wildman–Crippen MR) is 47.1 cm³/mol. The summed E-state index contributed by atoms with van der Waals surface area (Å²) in [5.74, 6) is 0.926. The first kappa shape index (κ1) is 7.86. The van der Waals surface area contributed by atoms with Crippen LogP contribution in [0.1, 0.15) is 6.42 Å². The molecule has 1 aliphatic carbocycles. The van der Waals surface area contributed by atoms with Crippen molar-refractivity contribution in [1.29, 1.82) is 0 Å². The maximum absolute atomic E-state index is 5.33. The lowest BCUT2D eigenvalue weighted by Gasteiger charge is -2.01. The molecule has 11 heavy (non-hydrogen) atoms. The van der Waals surface area contributed by atoms with Gasteiger partial charge in [0, 0.05) is 0 Å². The van der Waals surface area contributed by atoms with Crippen molar-refractivity contribution in [3.8, 4) is 0 Å². The van der Waals surface area contributed by atoms with Crippen LogP contribution in [0.5, 0.6) is 0 Å². The van der Waals surface area contributed by atoms with Crippen LogP contribution in [-0.2, 0) is 4.74 Å². The minimum atomic E-state index is 0.580. The molecule has 1 rings (SSSR count). The third kappa shape index (κ3) is 2.89. The lowest BCUT2D eigenvalue weighted by molar-refractivity contribution is 0.261. The molecular formula is C10H12O. The molecule has 0 aromatic carbocycles. The number of rotatable bonds is 3. The third-order valence-electron chi connectivity index (χ3n) is 1.33. The number of hydrogen-bond acceptors (Lipinski definition) is 1. The van der Waals surface area contributed by atoms with E-state index in [-0.39, 0.29) is 0 Å². The summed E-state index contributed by atoms with van der Waals surface area (Å²) in [6.07, 6.45) is 12.8. The highest BCUT2D eigenvalue weighted by Crippen LogP contribution is 2.05. The van der Waals surface area contributed by atoms with Crippen molar-refractivity contribution in [2.24, 2.45) is 0 Å². The topological polar surface area (TPSA) is 9.23 Å². The van der Waals surface area contributed by atoms with Crippen molar-refractivity contribution >= 4 is 0 Å². The van der Waals surface area contributed by atoms with Gasteiger partial charge >= 0.3 is 0 Å². The average molecular weight is 148 g/mol. The Bertz CT molecular complexity index is 209. The number of allylic oxidation sites excluding steroid dienone is 5. The highest BCUT2D eigenvalue weighted by Gasteiger charge is 1.91. The van der Waals surface area contributed by atoms with Crippen molar-refractivity contribution < 1.29 is 4.74 Å². The summed E-state index contributed by atoms with van der Waals surface area (Å²) < 4.78 is 5.33. The van der Waals surface area contributed by atoms with Gasteiger partial charge in [0.1, 0.15) is 12.4 Å². The molecular weight excluding hydrogens is 136 g/mol. The van der Waals surface area contributed by atoms with Crippen LogP contribution in [0.25, 0.3) is 0 Å². The first-order chi connectivity index (χ1) is 5.43. The third-order valence-corrected chi connectivity index (χ3v) is 1.33. The van der Waals surface area contributed by atoms with Gasteiger partial charge < -0.3 is 4.74 Å². The Morgan fingerprint density at radius 3 is 3.27 bits per heavy atom. The van der Waals surface area contributed by atoms with E-state index in [0.717, 1.165) is 12.2 Å². The molecule has 0 aromatic heterocycles. The molecule has 0 heterocycles. The Balaban J connectivity index is 2.44. The van der Waals surface area contributed by atoms with Crippen LogP contribution in [-0.4, -0.2) is 6.61 Å². The van der Waals surface area contributed by atoms with Crippen molar-refractivity contribution in [3.63, 3.8) is 0 Å². The van der Waals surface area contributed by atoms with Gasteiger partial charge in [0.15, 0.2) is 0 Å². The number of ether oxygens (including phenoxy) is 1. The fourth-order valence-corrected chi connectivity index (χ4v) is 0.822. The van der Waals surface area contributed by atoms with Crippen molar-refractivity contribution in [3.05, 3.63) is 48.8 Å². The summed E-state index contributed by atoms with van der Waals surface area (Å²) in [7, 11) is 0. The van der Waals surface area contributed by atoms with Crippen LogP contribution < -0.4 is 0 Å². The molecule has 1 nitrogen and oxygen atoms in total. The van der Waals surface area contributed by atoms with Crippen LogP contribution in [0.2, 0.25) is 0 Å². The zero-order valence-corrected chi connectivity index (χ0v) is 6.49. The maximum Gasteiger partial charge on any atom is 0.116 e. The molecule has 0 bridgehead atoms. The van der Waals surface area contributed by atoms with Crippen LogP contribution in [0, 0.1) is 0 Å². The van der Waals surface area contributed by atoms with E-state index >= 15 is 0 Å². The van der Waals surface area contributed by atoms with Gasteiger partial charge in [-0.2, -0.15) is 0 Å². The zero-order chi connectivity index (χ0) is 7.94. The number of hydrogen-bond donors (Lipinski definition) is 0. The van der Waals surface area contributed by atoms with Gasteiger partial charge in [-0.05, 0) is 18.6 Å². The van der Waals surface area contributed by atoms with Gasteiger partial charge in [-0.3, -0.25) is 0 Å². The summed E-state index contributed by atoms with van der Waals surface area (Å²) in [6, 6.07) is 0. The molecule has 1 aliphatic rings. The van der Waals surface area contributed by atoms with E-state index in [1.807, 2.05) is 24.3 Å². The Labute approximate surface area is 67.4 Å². The van der Waals surface area contributed by atoms with Gasteiger partial charge in [-0.1, -0.05) is 30.9 Å². The zero-order valence-electron chi connectivity index (χ0n) is 6.49. The average Bonchev–Trinajstić information content (AvgIpc) is 2.28. The summed E-state index contributed by atoms with van der Waals surface area (Å²) >= 11 is 0. The summed E-state index contributed by atoms with van der Waals surface area (Å²) in [4.78, 5) is 0. The Kier molecular flexibility index (Phi) is 3.26. The molecule has 0 aromatic rings. The second kappa shape index (κ2) is 4.56. The second-order valence-corrected chi connectivity index (χ2v) is 2.23. The van der Waals surface area contributed by atoms with Crippen LogP contribution in [0.15, 0.2) is 48.8 Å². The monoisotopic (exact) mass is 148 g/mol. The quantitative estimate of drug-likeness (QED) is 0.559. The SMILES string of the molecule is C=CCOC1=CCC=CC=C1. The Morgan fingerprint density at radius 1 is 1.55 bits per heavy atom. The Morgan fingerprint density at radius 2 is 2.45 bits per heavy atom. The van der Waals surface area contributed by atoms with Crippen molar-refractivity contribution in [2.75, 3.05) is 6.61 Å². The van der Waals surface area contributed by atoms with Gasteiger partial charge in [0.25, 0.3) is 0 Å². The largest absolute Gasteiger partial charge is 0.490 e. The minimum Gasteiger partial charge on any atom is -0.490 e. The normalized spacial score (nSPS) is 15.5. The lowest BCUT2D eigenvalue weighted by Crippen LogP contribution is -1.87. The standard InChI is InChI=1S/C10H12O/c1-2-9-11-10-7-5-3-4-6-8-10/h2-5,7-8H,1,6,9H2. The molecule has 0 radical (unpaired) electrons. The van der Waals surface area contributed by atoms with E-state index in [4.69, 9.17) is 4.74 Å². The minimum absolute atomic E-state index is 0.580. The van der Waals surface area contributed by atoms with E-state index in [0.29, 0.717) is 6.61 Å². The molecule has 0 saturated carbocycles. The van der Waals surface area contributed by atoms with Gasteiger partial charge in [-0.15, -0.1) is 0 Å². The first-order valence-corrected chi connectivity index (χ1v) is 3.70. The Hall–Kier alpha value is -1.24. The van der Waals surface area contributed by atoms with Crippen molar-refractivity contribution in [1.82, 2.24) is 0 Å². The lowest BCUT2D eigenvalue weighted by atomic mass is 10.3. The fraction of sp³-hybridized carbons (Fsp3) is 0.200. The fourth-order valence-electron chi connectivity index (χ4n) is 0.822. The van der Waals surface area contributed by atoms with E-state index in [9.17, 15) is 0 Å². The maximum atomic E-state index is 5.33. The van der Waals surface area contributed by atoms with Gasteiger partial charge in [-0.25, -0.2) is 0 Å². The van der Waals surface area contributed by atoms with Crippen molar-refractivity contribution in [2.45, 2.75) is 6.42 Å². The van der Waals surface area contributed by atoms with E-state index in [2.05, 4.69) is 12.7 Å². The van der Waals surface area contributed by atoms with Crippen LogP contribution >= 0.6 is 0 Å². The van der Waals surface area contributed by atoms with Gasteiger partial charge in [0.05, 0.1) is 0 Å². The van der Waals surface area contributed by atoms with E-state index < -0.39 is 0 Å². The summed E-state index contributed by atoms with van der Waals surface area (Å²) in [5.41, 5.74) is 0. The predicted octanol–water partition coefficient (Wildman–Crippen LogP) is 2.59. The molecule has 0 unspecified atom stereocenters. The highest BCUT2D eigenvalue weighted by atomic mass is 16.5. The molecule has 1 heteroatoms. The molecule has 0 saturated heterocycles. The smallest absolute Gasteiger partial charge is 0.116 e. The molecule has 0 amide bonds. The molecule has 0 spiro atoms.